The van der Waals surface area contributed by atoms with Gasteiger partial charge in [-0.25, -0.2) is 0 Å². The van der Waals surface area contributed by atoms with E-state index < -0.39 is 6.61 Å². The highest BCUT2D eigenvalue weighted by Gasteiger charge is 2.22. The number of halogens is 2. The summed E-state index contributed by atoms with van der Waals surface area (Å²) in [6.07, 6.45) is 0. The van der Waals surface area contributed by atoms with Crippen molar-refractivity contribution in [2.24, 2.45) is 5.92 Å². The zero-order valence-electron chi connectivity index (χ0n) is 15.1. The molecule has 0 fully saturated rings. The lowest BCUT2D eigenvalue weighted by Gasteiger charge is -2.25. The van der Waals surface area contributed by atoms with Gasteiger partial charge in [-0.3, -0.25) is 4.79 Å². The second-order valence-corrected chi connectivity index (χ2v) is 6.50. The molecule has 144 valence electrons. The Morgan fingerprint density at radius 2 is 1.70 bits per heavy atom. The van der Waals surface area contributed by atoms with Crippen LogP contribution in [0.25, 0.3) is 0 Å². The van der Waals surface area contributed by atoms with E-state index in [9.17, 15) is 13.6 Å². The second kappa shape index (κ2) is 8.24. The van der Waals surface area contributed by atoms with E-state index in [0.717, 1.165) is 5.56 Å². The van der Waals surface area contributed by atoms with Gasteiger partial charge in [0.1, 0.15) is 19.0 Å². The summed E-state index contributed by atoms with van der Waals surface area (Å²) in [5.74, 6) is 1.18. The number of carbonyl (C=O) groups excluding carboxylic acids is 1. The van der Waals surface area contributed by atoms with Crippen molar-refractivity contribution in [2.45, 2.75) is 26.5 Å². The van der Waals surface area contributed by atoms with Crippen LogP contribution in [-0.4, -0.2) is 25.7 Å². The molecular formula is C20H21F2NO4. The first-order chi connectivity index (χ1) is 12.9. The molecule has 1 amide bonds. The average Bonchev–Trinajstić information content (AvgIpc) is 2.65. The Morgan fingerprint density at radius 1 is 1.04 bits per heavy atom. The van der Waals surface area contributed by atoms with Gasteiger partial charge in [0.05, 0.1) is 6.04 Å². The van der Waals surface area contributed by atoms with Crippen LogP contribution in [0.15, 0.2) is 42.5 Å². The number of alkyl halides is 2. The third-order valence-electron chi connectivity index (χ3n) is 4.22. The average molecular weight is 377 g/mol. The number of carbonyl (C=O) groups is 1. The summed E-state index contributed by atoms with van der Waals surface area (Å²) in [6.45, 7) is 2.11. The van der Waals surface area contributed by atoms with Crippen LogP contribution in [0.3, 0.4) is 0 Å². The minimum absolute atomic E-state index is 0.00814. The van der Waals surface area contributed by atoms with Crippen molar-refractivity contribution < 1.29 is 27.8 Å². The van der Waals surface area contributed by atoms with Gasteiger partial charge < -0.3 is 19.5 Å². The molecule has 2 aromatic carbocycles. The van der Waals surface area contributed by atoms with E-state index in [2.05, 4.69) is 10.1 Å². The van der Waals surface area contributed by atoms with E-state index in [1.165, 1.54) is 24.3 Å². The van der Waals surface area contributed by atoms with Crippen molar-refractivity contribution in [2.75, 3.05) is 13.2 Å². The number of ether oxygens (including phenoxy) is 3. The molecule has 3 rings (SSSR count). The molecule has 2 aromatic rings. The lowest BCUT2D eigenvalue weighted by atomic mass is 9.95. The quantitative estimate of drug-likeness (QED) is 0.820. The molecule has 0 saturated carbocycles. The highest BCUT2D eigenvalue weighted by molar-refractivity contribution is 5.94. The fraction of sp³-hybridized carbons (Fsp3) is 0.350. The Morgan fingerprint density at radius 3 is 2.33 bits per heavy atom. The SMILES string of the molecule is CC(C)[C@H](NC(=O)c1ccc(OC(F)F)cc1)c1ccc2c(c1)OCCO2. The summed E-state index contributed by atoms with van der Waals surface area (Å²) >= 11 is 0. The van der Waals surface area contributed by atoms with Crippen molar-refractivity contribution in [3.8, 4) is 17.2 Å². The molecule has 0 spiro atoms. The van der Waals surface area contributed by atoms with Gasteiger partial charge in [0, 0.05) is 5.56 Å². The number of fused-ring (bicyclic) bond motifs is 1. The van der Waals surface area contributed by atoms with Gasteiger partial charge in [0.15, 0.2) is 11.5 Å². The van der Waals surface area contributed by atoms with Gasteiger partial charge >= 0.3 is 6.61 Å². The van der Waals surface area contributed by atoms with E-state index in [1.54, 1.807) is 0 Å². The largest absolute Gasteiger partial charge is 0.486 e. The molecule has 1 aliphatic heterocycles. The molecule has 7 heteroatoms. The van der Waals surface area contributed by atoms with Gasteiger partial charge in [0.25, 0.3) is 5.91 Å². The molecule has 5 nitrogen and oxygen atoms in total. The number of hydrogen-bond donors (Lipinski definition) is 1. The Hall–Kier alpha value is -2.83. The van der Waals surface area contributed by atoms with E-state index >= 15 is 0 Å². The van der Waals surface area contributed by atoms with E-state index in [1.807, 2.05) is 32.0 Å². The number of benzene rings is 2. The van der Waals surface area contributed by atoms with Crippen molar-refractivity contribution in [3.63, 3.8) is 0 Å². The van der Waals surface area contributed by atoms with Crippen LogP contribution in [0.4, 0.5) is 8.78 Å². The molecule has 27 heavy (non-hydrogen) atoms. The first-order valence-corrected chi connectivity index (χ1v) is 8.69. The summed E-state index contributed by atoms with van der Waals surface area (Å²) in [7, 11) is 0. The fourth-order valence-corrected chi connectivity index (χ4v) is 2.90. The molecule has 0 unspecified atom stereocenters. The third-order valence-corrected chi connectivity index (χ3v) is 4.22. The second-order valence-electron chi connectivity index (χ2n) is 6.50. The van der Waals surface area contributed by atoms with E-state index in [0.29, 0.717) is 30.3 Å². The molecule has 1 aliphatic rings. The monoisotopic (exact) mass is 377 g/mol. The Kier molecular flexibility index (Phi) is 5.78. The normalized spacial score (nSPS) is 14.1. The minimum atomic E-state index is -2.90. The van der Waals surface area contributed by atoms with Crippen molar-refractivity contribution >= 4 is 5.91 Å². The van der Waals surface area contributed by atoms with Gasteiger partial charge in [-0.15, -0.1) is 0 Å². The highest BCUT2D eigenvalue weighted by Crippen LogP contribution is 2.34. The van der Waals surface area contributed by atoms with Crippen LogP contribution in [-0.2, 0) is 0 Å². The zero-order valence-corrected chi connectivity index (χ0v) is 15.1. The summed E-state index contributed by atoms with van der Waals surface area (Å²) in [6, 6.07) is 11.0. The summed E-state index contributed by atoms with van der Waals surface area (Å²) in [5.41, 5.74) is 1.26. The standard InChI is InChI=1S/C20H21F2NO4/c1-12(2)18(14-5-8-16-17(11-14)26-10-9-25-16)23-19(24)13-3-6-15(7-4-13)27-20(21)22/h3-8,11-12,18,20H,9-10H2,1-2H3,(H,23,24)/t18-/m0/s1. The van der Waals surface area contributed by atoms with Gasteiger partial charge in [0.2, 0.25) is 0 Å². The van der Waals surface area contributed by atoms with E-state index in [4.69, 9.17) is 9.47 Å². The maximum absolute atomic E-state index is 12.6. The first-order valence-electron chi connectivity index (χ1n) is 8.69. The minimum Gasteiger partial charge on any atom is -0.486 e. The van der Waals surface area contributed by atoms with Crippen LogP contribution in [0.2, 0.25) is 0 Å². The summed E-state index contributed by atoms with van der Waals surface area (Å²) in [5, 5.41) is 2.99. The summed E-state index contributed by atoms with van der Waals surface area (Å²) < 4.78 is 39.9. The zero-order chi connectivity index (χ0) is 19.4. The maximum atomic E-state index is 12.6. The van der Waals surface area contributed by atoms with Crippen LogP contribution >= 0.6 is 0 Å². The van der Waals surface area contributed by atoms with E-state index in [-0.39, 0.29) is 23.6 Å². The molecule has 0 bridgehead atoms. The summed E-state index contributed by atoms with van der Waals surface area (Å²) in [4.78, 5) is 12.6. The van der Waals surface area contributed by atoms with Crippen LogP contribution in [0, 0.1) is 5.92 Å². The Labute approximate surface area is 156 Å². The smallest absolute Gasteiger partial charge is 0.387 e. The van der Waals surface area contributed by atoms with Crippen molar-refractivity contribution in [3.05, 3.63) is 53.6 Å². The molecule has 0 saturated heterocycles. The molecule has 1 N–H and O–H groups in total. The molecule has 1 heterocycles. The lowest BCUT2D eigenvalue weighted by Crippen LogP contribution is -2.31. The van der Waals surface area contributed by atoms with Crippen molar-refractivity contribution in [1.82, 2.24) is 5.32 Å². The fourth-order valence-electron chi connectivity index (χ4n) is 2.90. The lowest BCUT2D eigenvalue weighted by molar-refractivity contribution is -0.0498. The first kappa shape index (κ1) is 18.9. The predicted molar refractivity (Wildman–Crippen MR) is 95.6 cm³/mol. The molecular weight excluding hydrogens is 356 g/mol. The molecule has 0 aliphatic carbocycles. The Bertz CT molecular complexity index is 793. The highest BCUT2D eigenvalue weighted by atomic mass is 19.3. The maximum Gasteiger partial charge on any atom is 0.387 e. The third kappa shape index (κ3) is 4.67. The number of rotatable bonds is 6. The van der Waals surface area contributed by atoms with Gasteiger partial charge in [-0.05, 0) is 47.9 Å². The molecule has 0 aromatic heterocycles. The predicted octanol–water partition coefficient (Wildman–Crippen LogP) is 4.19. The molecule has 1 atom stereocenters. The Balaban J connectivity index is 1.75. The number of amides is 1. The topological polar surface area (TPSA) is 56.8 Å². The van der Waals surface area contributed by atoms with Crippen LogP contribution in [0.1, 0.15) is 35.8 Å². The van der Waals surface area contributed by atoms with Crippen LogP contribution < -0.4 is 19.5 Å². The molecule has 0 radical (unpaired) electrons. The van der Waals surface area contributed by atoms with Gasteiger partial charge in [-0.1, -0.05) is 19.9 Å². The van der Waals surface area contributed by atoms with Gasteiger partial charge in [-0.2, -0.15) is 8.78 Å². The van der Waals surface area contributed by atoms with Crippen LogP contribution in [0.5, 0.6) is 17.2 Å². The van der Waals surface area contributed by atoms with Crippen molar-refractivity contribution in [1.29, 1.82) is 0 Å². The number of nitrogens with one attached hydrogen (secondary N) is 1. The number of hydrogen-bond acceptors (Lipinski definition) is 4.